The molecule has 1 atom stereocenters. The monoisotopic (exact) mass is 302 g/mol. The van der Waals surface area contributed by atoms with Crippen molar-refractivity contribution in [3.8, 4) is 0 Å². The van der Waals surface area contributed by atoms with Crippen LogP contribution in [0.1, 0.15) is 33.1 Å². The van der Waals surface area contributed by atoms with Gasteiger partial charge in [-0.3, -0.25) is 9.59 Å². The van der Waals surface area contributed by atoms with E-state index in [9.17, 15) is 9.59 Å². The number of hydrogen-bond donors (Lipinski definition) is 1. The highest BCUT2D eigenvalue weighted by Gasteiger charge is 2.23. The molecule has 1 aliphatic rings. The van der Waals surface area contributed by atoms with E-state index in [4.69, 9.17) is 4.74 Å². The molecule has 1 aliphatic heterocycles. The number of rotatable bonds is 8. The zero-order chi connectivity index (χ0) is 14.8. The van der Waals surface area contributed by atoms with E-state index >= 15 is 0 Å². The Kier molecular flexibility index (Phi) is 8.69. The summed E-state index contributed by atoms with van der Waals surface area (Å²) < 4.78 is 5.21. The third-order valence-corrected chi connectivity index (χ3v) is 4.26. The maximum absolute atomic E-state index is 12.1. The Morgan fingerprint density at radius 2 is 2.00 bits per heavy atom. The van der Waals surface area contributed by atoms with Gasteiger partial charge in [-0.05, 0) is 19.1 Å². The Bertz CT molecular complexity index is 307. The molecule has 0 saturated carbocycles. The third-order valence-electron chi connectivity index (χ3n) is 3.19. The minimum Gasteiger partial charge on any atom is -0.378 e. The van der Waals surface area contributed by atoms with E-state index in [1.165, 1.54) is 12.8 Å². The molecule has 0 bridgehead atoms. The average Bonchev–Trinajstić information content (AvgIpc) is 2.47. The summed E-state index contributed by atoms with van der Waals surface area (Å²) in [6.45, 7) is 6.31. The highest BCUT2D eigenvalue weighted by atomic mass is 32.2. The zero-order valence-electron chi connectivity index (χ0n) is 12.5. The largest absolute Gasteiger partial charge is 0.378 e. The number of nitrogens with one attached hydrogen (secondary N) is 1. The second-order valence-electron chi connectivity index (χ2n) is 4.94. The van der Waals surface area contributed by atoms with Crippen molar-refractivity contribution in [3.05, 3.63) is 0 Å². The molecule has 1 saturated heterocycles. The molecule has 2 amide bonds. The van der Waals surface area contributed by atoms with Crippen molar-refractivity contribution in [1.82, 2.24) is 10.2 Å². The van der Waals surface area contributed by atoms with Crippen LogP contribution in [-0.4, -0.2) is 60.6 Å². The van der Waals surface area contributed by atoms with Crippen molar-refractivity contribution in [2.24, 2.45) is 0 Å². The SMILES string of the molecule is CCCCSCCC(=O)NC(C)C(=O)N1CCOCC1. The Hall–Kier alpha value is -0.750. The molecule has 1 fully saturated rings. The van der Waals surface area contributed by atoms with Crippen molar-refractivity contribution in [3.63, 3.8) is 0 Å². The summed E-state index contributed by atoms with van der Waals surface area (Å²) in [6.07, 6.45) is 2.86. The van der Waals surface area contributed by atoms with Gasteiger partial charge < -0.3 is 15.0 Å². The quantitative estimate of drug-likeness (QED) is 0.686. The first-order valence-electron chi connectivity index (χ1n) is 7.38. The molecule has 0 spiro atoms. The molecule has 0 aromatic rings. The summed E-state index contributed by atoms with van der Waals surface area (Å²) in [5, 5.41) is 2.78. The molecule has 1 heterocycles. The summed E-state index contributed by atoms with van der Waals surface area (Å²) in [5.74, 6) is 1.87. The smallest absolute Gasteiger partial charge is 0.245 e. The molecule has 20 heavy (non-hydrogen) atoms. The zero-order valence-corrected chi connectivity index (χ0v) is 13.3. The van der Waals surface area contributed by atoms with Crippen LogP contribution in [0.2, 0.25) is 0 Å². The van der Waals surface area contributed by atoms with Crippen molar-refractivity contribution >= 4 is 23.6 Å². The van der Waals surface area contributed by atoms with Crippen LogP contribution in [-0.2, 0) is 14.3 Å². The first-order valence-corrected chi connectivity index (χ1v) is 8.54. The van der Waals surface area contributed by atoms with Crippen LogP contribution in [0.15, 0.2) is 0 Å². The van der Waals surface area contributed by atoms with Gasteiger partial charge >= 0.3 is 0 Å². The lowest BCUT2D eigenvalue weighted by Gasteiger charge is -2.29. The number of hydrogen-bond acceptors (Lipinski definition) is 4. The second kappa shape index (κ2) is 10.0. The summed E-state index contributed by atoms with van der Waals surface area (Å²) in [4.78, 5) is 25.6. The van der Waals surface area contributed by atoms with Crippen LogP contribution in [0.25, 0.3) is 0 Å². The Morgan fingerprint density at radius 3 is 2.65 bits per heavy atom. The van der Waals surface area contributed by atoms with Crippen LogP contribution < -0.4 is 5.32 Å². The first kappa shape index (κ1) is 17.3. The summed E-state index contributed by atoms with van der Waals surface area (Å²) in [7, 11) is 0. The average molecular weight is 302 g/mol. The fraction of sp³-hybridized carbons (Fsp3) is 0.857. The molecule has 6 heteroatoms. The van der Waals surface area contributed by atoms with Gasteiger partial charge in [-0.15, -0.1) is 0 Å². The lowest BCUT2D eigenvalue weighted by Crippen LogP contribution is -2.50. The van der Waals surface area contributed by atoms with Gasteiger partial charge in [-0.25, -0.2) is 0 Å². The summed E-state index contributed by atoms with van der Waals surface area (Å²) >= 11 is 1.80. The minimum absolute atomic E-state index is 0.0136. The predicted octanol–water partition coefficient (Wildman–Crippen LogP) is 1.27. The fourth-order valence-corrected chi connectivity index (χ4v) is 2.97. The van der Waals surface area contributed by atoms with Crippen molar-refractivity contribution in [2.75, 3.05) is 37.8 Å². The predicted molar refractivity (Wildman–Crippen MR) is 81.9 cm³/mol. The highest BCUT2D eigenvalue weighted by Crippen LogP contribution is 2.06. The standard InChI is InChI=1S/C14H26N2O3S/c1-3-4-10-20-11-5-13(17)15-12(2)14(18)16-6-8-19-9-7-16/h12H,3-11H2,1-2H3,(H,15,17). The van der Waals surface area contributed by atoms with Gasteiger partial charge in [0.15, 0.2) is 0 Å². The molecule has 0 radical (unpaired) electrons. The Balaban J connectivity index is 2.17. The third kappa shape index (κ3) is 6.61. The van der Waals surface area contributed by atoms with Crippen molar-refractivity contribution in [1.29, 1.82) is 0 Å². The molecule has 0 aromatic carbocycles. The van der Waals surface area contributed by atoms with Gasteiger partial charge in [0.2, 0.25) is 11.8 Å². The molecule has 116 valence electrons. The van der Waals surface area contributed by atoms with Gasteiger partial charge in [0.05, 0.1) is 13.2 Å². The molecular weight excluding hydrogens is 276 g/mol. The number of nitrogens with zero attached hydrogens (tertiary/aromatic N) is 1. The lowest BCUT2D eigenvalue weighted by atomic mass is 10.2. The number of thioether (sulfide) groups is 1. The highest BCUT2D eigenvalue weighted by molar-refractivity contribution is 7.99. The molecule has 1 N–H and O–H groups in total. The number of amides is 2. The maximum atomic E-state index is 12.1. The molecule has 5 nitrogen and oxygen atoms in total. The molecular formula is C14H26N2O3S. The Morgan fingerprint density at radius 1 is 1.30 bits per heavy atom. The van der Waals surface area contributed by atoms with E-state index in [2.05, 4.69) is 12.2 Å². The number of carbonyl (C=O) groups excluding carboxylic acids is 2. The maximum Gasteiger partial charge on any atom is 0.245 e. The fourth-order valence-electron chi connectivity index (χ4n) is 1.95. The number of carbonyl (C=O) groups is 2. The number of morpholine rings is 1. The molecule has 0 aromatic heterocycles. The second-order valence-corrected chi connectivity index (χ2v) is 6.17. The van der Waals surface area contributed by atoms with Gasteiger partial charge in [0, 0.05) is 25.3 Å². The Labute approximate surface area is 125 Å². The van der Waals surface area contributed by atoms with Crippen molar-refractivity contribution in [2.45, 2.75) is 39.2 Å². The normalized spacial score (nSPS) is 16.8. The van der Waals surface area contributed by atoms with E-state index in [0.717, 1.165) is 11.5 Å². The molecule has 1 rings (SSSR count). The van der Waals surface area contributed by atoms with Gasteiger partial charge in [0.25, 0.3) is 0 Å². The van der Waals surface area contributed by atoms with Crippen LogP contribution in [0.3, 0.4) is 0 Å². The van der Waals surface area contributed by atoms with Crippen LogP contribution in [0, 0.1) is 0 Å². The van der Waals surface area contributed by atoms with E-state index in [1.54, 1.807) is 23.6 Å². The topological polar surface area (TPSA) is 58.6 Å². The summed E-state index contributed by atoms with van der Waals surface area (Å²) in [6, 6.07) is -0.443. The van der Waals surface area contributed by atoms with Crippen LogP contribution >= 0.6 is 11.8 Å². The van der Waals surface area contributed by atoms with Crippen molar-refractivity contribution < 1.29 is 14.3 Å². The van der Waals surface area contributed by atoms with Gasteiger partial charge in [0.1, 0.15) is 6.04 Å². The van der Waals surface area contributed by atoms with Crippen LogP contribution in [0.4, 0.5) is 0 Å². The lowest BCUT2D eigenvalue weighted by molar-refractivity contribution is -0.139. The first-order chi connectivity index (χ1) is 9.65. The molecule has 0 aliphatic carbocycles. The van der Waals surface area contributed by atoms with Crippen LogP contribution in [0.5, 0.6) is 0 Å². The van der Waals surface area contributed by atoms with E-state index < -0.39 is 6.04 Å². The van der Waals surface area contributed by atoms with E-state index in [0.29, 0.717) is 32.7 Å². The van der Waals surface area contributed by atoms with E-state index in [1.807, 2.05) is 0 Å². The van der Waals surface area contributed by atoms with Gasteiger partial charge in [-0.1, -0.05) is 13.3 Å². The van der Waals surface area contributed by atoms with Gasteiger partial charge in [-0.2, -0.15) is 11.8 Å². The number of unbranched alkanes of at least 4 members (excludes halogenated alkanes) is 1. The summed E-state index contributed by atoms with van der Waals surface area (Å²) in [5.41, 5.74) is 0. The number of ether oxygens (including phenoxy) is 1. The van der Waals surface area contributed by atoms with E-state index in [-0.39, 0.29) is 11.8 Å². The minimum atomic E-state index is -0.443. The molecule has 1 unspecified atom stereocenters.